The van der Waals surface area contributed by atoms with Gasteiger partial charge in [0.2, 0.25) is 0 Å². The van der Waals surface area contributed by atoms with Crippen molar-refractivity contribution in [3.8, 4) is 5.75 Å². The van der Waals surface area contributed by atoms with Gasteiger partial charge in [0.15, 0.2) is 0 Å². The van der Waals surface area contributed by atoms with Gasteiger partial charge in [-0.2, -0.15) is 0 Å². The van der Waals surface area contributed by atoms with Gasteiger partial charge in [-0.25, -0.2) is 0 Å². The summed E-state index contributed by atoms with van der Waals surface area (Å²) < 4.78 is 17.9. The lowest BCUT2D eigenvalue weighted by Gasteiger charge is -2.32. The molecular formula is C33H46O4. The molecule has 0 saturated heterocycles. The summed E-state index contributed by atoms with van der Waals surface area (Å²) in [5.74, 6) is 2.34. The minimum absolute atomic E-state index is 0.138. The predicted molar refractivity (Wildman–Crippen MR) is 149 cm³/mol. The zero-order valence-corrected chi connectivity index (χ0v) is 23.1. The Balaban J connectivity index is 1.41. The molecule has 4 nitrogen and oxygen atoms in total. The van der Waals surface area contributed by atoms with Crippen LogP contribution in [0.2, 0.25) is 0 Å². The van der Waals surface area contributed by atoms with E-state index in [0.29, 0.717) is 18.4 Å². The van der Waals surface area contributed by atoms with Crippen LogP contribution in [0.25, 0.3) is 0 Å². The Morgan fingerprint density at radius 3 is 2.24 bits per heavy atom. The van der Waals surface area contributed by atoms with E-state index in [1.54, 1.807) is 7.11 Å². The monoisotopic (exact) mass is 506 g/mol. The van der Waals surface area contributed by atoms with Crippen molar-refractivity contribution in [2.75, 3.05) is 13.7 Å². The topological polar surface area (TPSA) is 44.8 Å². The number of methoxy groups -OCH3 is 1. The van der Waals surface area contributed by atoms with E-state index in [-0.39, 0.29) is 24.1 Å². The van der Waals surface area contributed by atoms with Gasteiger partial charge in [-0.1, -0.05) is 60.9 Å². The Kier molecular flexibility index (Phi) is 10.5. The number of esters is 1. The van der Waals surface area contributed by atoms with Gasteiger partial charge in [0.1, 0.15) is 5.75 Å². The van der Waals surface area contributed by atoms with Gasteiger partial charge in [0.25, 0.3) is 0 Å². The highest BCUT2D eigenvalue weighted by Crippen LogP contribution is 2.40. The van der Waals surface area contributed by atoms with Crippen molar-refractivity contribution in [1.29, 1.82) is 0 Å². The largest absolute Gasteiger partial charge is 0.490 e. The molecule has 3 atom stereocenters. The van der Waals surface area contributed by atoms with Gasteiger partial charge < -0.3 is 14.2 Å². The first kappa shape index (κ1) is 27.7. The van der Waals surface area contributed by atoms with Crippen LogP contribution >= 0.6 is 0 Å². The third-order valence-electron chi connectivity index (χ3n) is 8.48. The predicted octanol–water partition coefficient (Wildman–Crippen LogP) is 8.12. The third kappa shape index (κ3) is 8.33. The number of carbonyl (C=O) groups is 1. The molecular weight excluding hydrogens is 460 g/mol. The highest BCUT2D eigenvalue weighted by Gasteiger charge is 2.28. The van der Waals surface area contributed by atoms with Gasteiger partial charge in [0.05, 0.1) is 18.8 Å². The molecule has 2 aromatic carbocycles. The Labute approximate surface area is 224 Å². The highest BCUT2D eigenvalue weighted by molar-refractivity contribution is 5.65. The van der Waals surface area contributed by atoms with Crippen LogP contribution in [0.15, 0.2) is 48.5 Å². The molecule has 2 aromatic rings. The minimum atomic E-state index is -0.215. The zero-order chi connectivity index (χ0) is 26.0. The van der Waals surface area contributed by atoms with Crippen molar-refractivity contribution in [3.05, 3.63) is 65.2 Å². The van der Waals surface area contributed by atoms with E-state index in [0.717, 1.165) is 37.9 Å². The van der Waals surface area contributed by atoms with Crippen molar-refractivity contribution >= 4 is 5.97 Å². The van der Waals surface area contributed by atoms with Crippen molar-refractivity contribution in [1.82, 2.24) is 0 Å². The van der Waals surface area contributed by atoms with Gasteiger partial charge in [-0.15, -0.1) is 0 Å². The summed E-state index contributed by atoms with van der Waals surface area (Å²) in [7, 11) is 1.79. The Bertz CT molecular complexity index is 976. The number of rotatable bonds is 7. The Morgan fingerprint density at radius 2 is 1.51 bits per heavy atom. The number of carbonyl (C=O) groups excluding carboxylic acids is 1. The van der Waals surface area contributed by atoms with Crippen LogP contribution in [0, 0.1) is 12.8 Å². The van der Waals surface area contributed by atoms with Crippen molar-refractivity contribution in [3.63, 3.8) is 0 Å². The fourth-order valence-corrected chi connectivity index (χ4v) is 6.52. The lowest BCUT2D eigenvalue weighted by atomic mass is 9.80. The number of aryl methyl sites for hydroxylation is 1. The number of benzene rings is 2. The SMILES string of the molecule is COC1CCCC(Oc2ccccc2C2CCCC(c3cccc(C)c3)CCC2)CC(COC(C)=O)C1. The number of ether oxygens (including phenoxy) is 3. The van der Waals surface area contributed by atoms with Crippen LogP contribution < -0.4 is 4.74 Å². The zero-order valence-electron chi connectivity index (χ0n) is 23.1. The Morgan fingerprint density at radius 1 is 0.838 bits per heavy atom. The van der Waals surface area contributed by atoms with Gasteiger partial charge >= 0.3 is 5.97 Å². The normalized spacial score (nSPS) is 27.3. The number of para-hydroxylation sites is 1. The first-order valence-corrected chi connectivity index (χ1v) is 14.5. The molecule has 2 saturated carbocycles. The van der Waals surface area contributed by atoms with Gasteiger partial charge in [-0.3, -0.25) is 4.79 Å². The van der Waals surface area contributed by atoms with Gasteiger partial charge in [-0.05, 0) is 99.7 Å². The fourth-order valence-electron chi connectivity index (χ4n) is 6.52. The minimum Gasteiger partial charge on any atom is -0.490 e. The number of hydrogen-bond donors (Lipinski definition) is 0. The molecule has 0 amide bonds. The fraction of sp³-hybridized carbons (Fsp3) is 0.606. The second-order valence-electron chi connectivity index (χ2n) is 11.4. The van der Waals surface area contributed by atoms with E-state index in [2.05, 4.69) is 55.5 Å². The molecule has 0 radical (unpaired) electrons. The summed E-state index contributed by atoms with van der Waals surface area (Å²) in [5, 5.41) is 0. The molecule has 202 valence electrons. The summed E-state index contributed by atoms with van der Waals surface area (Å²) in [6, 6.07) is 17.8. The van der Waals surface area contributed by atoms with Crippen LogP contribution in [0.1, 0.15) is 106 Å². The molecule has 0 N–H and O–H groups in total. The molecule has 3 unspecified atom stereocenters. The van der Waals surface area contributed by atoms with Crippen molar-refractivity contribution < 1.29 is 19.0 Å². The summed E-state index contributed by atoms with van der Waals surface area (Å²) in [4.78, 5) is 11.5. The average Bonchev–Trinajstić information content (AvgIpc) is 2.85. The van der Waals surface area contributed by atoms with Crippen LogP contribution in [-0.2, 0) is 14.3 Å². The maximum Gasteiger partial charge on any atom is 0.302 e. The van der Waals surface area contributed by atoms with E-state index in [1.165, 1.54) is 62.1 Å². The maximum absolute atomic E-state index is 11.5. The van der Waals surface area contributed by atoms with E-state index in [9.17, 15) is 4.79 Å². The Hall–Kier alpha value is -2.33. The van der Waals surface area contributed by atoms with Crippen molar-refractivity contribution in [2.45, 2.75) is 109 Å². The summed E-state index contributed by atoms with van der Waals surface area (Å²) in [6.07, 6.45) is 12.8. The smallest absolute Gasteiger partial charge is 0.302 e. The molecule has 0 bridgehead atoms. The number of hydrogen-bond acceptors (Lipinski definition) is 4. The molecule has 37 heavy (non-hydrogen) atoms. The van der Waals surface area contributed by atoms with E-state index in [1.807, 2.05) is 0 Å². The van der Waals surface area contributed by atoms with E-state index in [4.69, 9.17) is 14.2 Å². The lowest BCUT2D eigenvalue weighted by molar-refractivity contribution is -0.143. The van der Waals surface area contributed by atoms with Crippen LogP contribution in [0.3, 0.4) is 0 Å². The average molecular weight is 507 g/mol. The van der Waals surface area contributed by atoms with E-state index >= 15 is 0 Å². The summed E-state index contributed by atoms with van der Waals surface area (Å²) in [6.45, 7) is 4.13. The molecule has 2 aliphatic carbocycles. The molecule has 0 aliphatic heterocycles. The lowest BCUT2D eigenvalue weighted by Crippen LogP contribution is -2.30. The first-order valence-electron chi connectivity index (χ1n) is 14.5. The quantitative estimate of drug-likeness (QED) is 0.356. The molecule has 0 spiro atoms. The van der Waals surface area contributed by atoms with Crippen LogP contribution in [0.5, 0.6) is 5.75 Å². The van der Waals surface area contributed by atoms with Crippen LogP contribution in [-0.4, -0.2) is 31.9 Å². The van der Waals surface area contributed by atoms with Crippen LogP contribution in [0.4, 0.5) is 0 Å². The maximum atomic E-state index is 11.5. The molecule has 2 fully saturated rings. The van der Waals surface area contributed by atoms with E-state index < -0.39 is 0 Å². The molecule has 0 aromatic heterocycles. The summed E-state index contributed by atoms with van der Waals surface area (Å²) in [5.41, 5.74) is 4.26. The summed E-state index contributed by atoms with van der Waals surface area (Å²) >= 11 is 0. The first-order chi connectivity index (χ1) is 18.0. The molecule has 4 rings (SSSR count). The second-order valence-corrected chi connectivity index (χ2v) is 11.4. The van der Waals surface area contributed by atoms with Gasteiger partial charge in [0, 0.05) is 14.0 Å². The standard InChI is InChI=1S/C33H46O4/c1-24-10-6-15-29(20-24)27-11-7-13-28(14-8-12-27)32-18-4-5-19-33(32)37-31-17-9-16-30(35-3)21-26(22-31)23-36-25(2)34/h4-6,10,15,18-20,26-28,30-31H,7-9,11-14,16-17,21-23H2,1-3H3. The second kappa shape index (κ2) is 14.0. The molecule has 2 aliphatic rings. The van der Waals surface area contributed by atoms with Crippen molar-refractivity contribution in [2.24, 2.45) is 5.92 Å². The molecule has 4 heteroatoms. The molecule has 0 heterocycles. The third-order valence-corrected chi connectivity index (χ3v) is 8.48. The highest BCUT2D eigenvalue weighted by atomic mass is 16.5.